The van der Waals surface area contributed by atoms with Gasteiger partial charge < -0.3 is 19.3 Å². The van der Waals surface area contributed by atoms with Gasteiger partial charge in [0.1, 0.15) is 11.5 Å². The van der Waals surface area contributed by atoms with E-state index in [-0.39, 0.29) is 0 Å². The number of rotatable bonds is 24. The van der Waals surface area contributed by atoms with E-state index in [1.54, 1.807) is 14.2 Å². The highest BCUT2D eigenvalue weighted by atomic mass is 16.5. The highest BCUT2D eigenvalue weighted by Gasteiger charge is 2.15. The summed E-state index contributed by atoms with van der Waals surface area (Å²) in [5.74, 6) is 1.62. The minimum Gasteiger partial charge on any atom is -0.497 e. The Bertz CT molecular complexity index is 4590. The van der Waals surface area contributed by atoms with Crippen LogP contribution in [0.5, 0.6) is 11.5 Å². The van der Waals surface area contributed by atoms with Crippen molar-refractivity contribution < 1.29 is 9.47 Å². The Morgan fingerprint density at radius 1 is 0.200 bits per heavy atom. The van der Waals surface area contributed by atoms with E-state index in [4.69, 9.17) is 9.47 Å². The summed E-state index contributed by atoms with van der Waals surface area (Å²) >= 11 is 0. The van der Waals surface area contributed by atoms with Crippen molar-refractivity contribution in [2.24, 2.45) is 0 Å². The van der Waals surface area contributed by atoms with Crippen molar-refractivity contribution >= 4 is 106 Å². The molecule has 0 spiro atoms. The zero-order valence-corrected chi connectivity index (χ0v) is 56.1. The zero-order valence-electron chi connectivity index (χ0n) is 56.1. The maximum atomic E-state index is 5.54. The minimum atomic E-state index is 0.812. The maximum Gasteiger partial charge on any atom is 0.119 e. The molecule has 0 N–H and O–H groups in total. The Hall–Kier alpha value is -13.0. The van der Waals surface area contributed by atoms with Crippen molar-refractivity contribution in [1.82, 2.24) is 0 Å². The van der Waals surface area contributed by atoms with Crippen molar-refractivity contribution in [2.45, 2.75) is 0 Å². The topological polar surface area (TPSA) is 24.9 Å². The Morgan fingerprint density at radius 2 is 0.370 bits per heavy atom. The second-order valence-corrected chi connectivity index (χ2v) is 24.1. The number of methoxy groups -OCH3 is 2. The van der Waals surface area contributed by atoms with Crippen LogP contribution in [0.25, 0.3) is 71.9 Å². The van der Waals surface area contributed by atoms with Crippen molar-refractivity contribution in [1.29, 1.82) is 0 Å². The molecule has 0 saturated carbocycles. The molecule has 0 aromatic heterocycles. The predicted octanol–water partition coefficient (Wildman–Crippen LogP) is 25.6. The molecule has 0 atom stereocenters. The van der Waals surface area contributed by atoms with Gasteiger partial charge in [-0.15, -0.1) is 0 Å². The van der Waals surface area contributed by atoms with Crippen molar-refractivity contribution in [2.75, 3.05) is 24.0 Å². The Balaban J connectivity index is 0.627. The fourth-order valence-corrected chi connectivity index (χ4v) is 11.9. The third-order valence-corrected chi connectivity index (χ3v) is 17.4. The van der Waals surface area contributed by atoms with Gasteiger partial charge in [-0.1, -0.05) is 328 Å². The lowest BCUT2D eigenvalue weighted by Gasteiger charge is -2.26. The van der Waals surface area contributed by atoms with Crippen LogP contribution in [0.3, 0.4) is 0 Å². The summed E-state index contributed by atoms with van der Waals surface area (Å²) in [5, 5.41) is 0. The first-order valence-corrected chi connectivity index (χ1v) is 33.7. The van der Waals surface area contributed by atoms with Crippen LogP contribution in [-0.2, 0) is 0 Å². The first-order valence-electron chi connectivity index (χ1n) is 33.7. The Kier molecular flexibility index (Phi) is 21.7. The predicted molar refractivity (Wildman–Crippen MR) is 428 cm³/mol. The number of hydrogen-bond acceptors (Lipinski definition) is 4. The van der Waals surface area contributed by atoms with Gasteiger partial charge in [0.15, 0.2) is 0 Å². The standard InChI is InChI=1S/C96H76N2O2/c1-99-93-69-65-91(66-70-93)97(87-57-49-79(50-58-87)45-41-75-33-29-73(30-34-75)17-15-27-95(83-19-7-3-8-20-83)84-21-9-4-10-22-84)89-61-53-81(54-62-89)47-43-77-37-39-78(40-38-77)44-48-82-55-63-90(64-56-82)98(92-67-71-94(100-2)72-68-92)88-59-51-80(52-60-88)46-42-76-35-31-74(32-36-76)18-16-28-96(85-23-11-5-12-24-85)86-25-13-6-14-26-86/h3-72H,1-2H3/b17-15+,18-16+,45-41+,46-42+,47-43+,48-44+. The minimum absolute atomic E-state index is 0.812. The lowest BCUT2D eigenvalue weighted by Crippen LogP contribution is -2.09. The van der Waals surface area contributed by atoms with Gasteiger partial charge in [-0.2, -0.15) is 0 Å². The largest absolute Gasteiger partial charge is 0.497 e. The summed E-state index contributed by atoms with van der Waals surface area (Å²) in [6.45, 7) is 0. The number of anilines is 6. The number of allylic oxidation sites excluding steroid dienone is 4. The van der Waals surface area contributed by atoms with Crippen LogP contribution in [0.4, 0.5) is 34.1 Å². The Labute approximate surface area is 589 Å². The fraction of sp³-hybridized carbons (Fsp3) is 0.0208. The van der Waals surface area contributed by atoms with Gasteiger partial charge in [0.05, 0.1) is 14.2 Å². The summed E-state index contributed by atoms with van der Waals surface area (Å²) in [4.78, 5) is 4.55. The van der Waals surface area contributed by atoms with Crippen LogP contribution < -0.4 is 19.3 Å². The zero-order chi connectivity index (χ0) is 67.9. The Morgan fingerprint density at radius 3 is 0.560 bits per heavy atom. The lowest BCUT2D eigenvalue weighted by atomic mass is 9.97. The monoisotopic (exact) mass is 1290 g/mol. The molecule has 0 unspecified atom stereocenters. The number of benzene rings is 13. The second-order valence-electron chi connectivity index (χ2n) is 24.1. The third kappa shape index (κ3) is 17.5. The van der Waals surface area contributed by atoms with Crippen molar-refractivity contribution in [3.05, 3.63) is 442 Å². The molecule has 100 heavy (non-hydrogen) atoms. The molecule has 0 heterocycles. The molecule has 0 aliphatic heterocycles. The molecule has 4 heteroatoms. The number of hydrogen-bond donors (Lipinski definition) is 0. The van der Waals surface area contributed by atoms with Crippen LogP contribution in [0.15, 0.2) is 364 Å². The molecule has 0 aliphatic rings. The van der Waals surface area contributed by atoms with Gasteiger partial charge in [0.25, 0.3) is 0 Å². The van der Waals surface area contributed by atoms with Crippen LogP contribution >= 0.6 is 0 Å². The fourth-order valence-electron chi connectivity index (χ4n) is 11.9. The van der Waals surface area contributed by atoms with E-state index < -0.39 is 0 Å². The summed E-state index contributed by atoms with van der Waals surface area (Å²) < 4.78 is 11.1. The molecule has 0 fully saturated rings. The molecule has 4 nitrogen and oxygen atoms in total. The average molecular weight is 1290 g/mol. The third-order valence-electron chi connectivity index (χ3n) is 17.4. The lowest BCUT2D eigenvalue weighted by molar-refractivity contribution is 0.414. The van der Waals surface area contributed by atoms with Gasteiger partial charge in [-0.05, 0) is 186 Å². The molecule has 0 radical (unpaired) electrons. The molecule has 13 aromatic carbocycles. The van der Waals surface area contributed by atoms with Gasteiger partial charge >= 0.3 is 0 Å². The molecule has 0 amide bonds. The van der Waals surface area contributed by atoms with E-state index >= 15 is 0 Å². The van der Waals surface area contributed by atoms with Crippen LogP contribution in [-0.4, -0.2) is 14.2 Å². The van der Waals surface area contributed by atoms with E-state index in [2.05, 4.69) is 410 Å². The first kappa shape index (κ1) is 65.6. The quantitative estimate of drug-likeness (QED) is 0.0445. The molecule has 482 valence electrons. The number of nitrogens with zero attached hydrogens (tertiary/aromatic N) is 2. The van der Waals surface area contributed by atoms with E-state index in [0.29, 0.717) is 0 Å². The van der Waals surface area contributed by atoms with Gasteiger partial charge in [-0.25, -0.2) is 0 Å². The highest BCUT2D eigenvalue weighted by molar-refractivity contribution is 5.85. The molecule has 0 bridgehead atoms. The van der Waals surface area contributed by atoms with E-state index in [1.165, 1.54) is 33.4 Å². The maximum absolute atomic E-state index is 5.54. The summed E-state index contributed by atoms with van der Waals surface area (Å²) in [6.07, 6.45) is 30.3. The smallest absolute Gasteiger partial charge is 0.119 e. The van der Waals surface area contributed by atoms with Gasteiger partial charge in [0.2, 0.25) is 0 Å². The highest BCUT2D eigenvalue weighted by Crippen LogP contribution is 2.38. The molecule has 0 saturated heterocycles. The summed E-state index contributed by atoms with van der Waals surface area (Å²) in [6, 6.07) is 119. The second kappa shape index (κ2) is 33.1. The van der Waals surface area contributed by atoms with E-state index in [0.717, 1.165) is 101 Å². The normalized spacial score (nSPS) is 11.5. The van der Waals surface area contributed by atoms with Crippen LogP contribution in [0, 0.1) is 0 Å². The summed E-state index contributed by atoms with van der Waals surface area (Å²) in [7, 11) is 3.40. The SMILES string of the molecule is COc1ccc(N(c2ccc(/C=C/c3ccc(/C=C/C=C(c4ccccc4)c4ccccc4)cc3)cc2)c2ccc(/C=C/c3ccc(/C=C/c4ccc(N(c5ccc(/C=C/c6ccc(/C=C/C=C(c7ccccc7)c7ccccc7)cc6)cc5)c5ccc(OC)cc5)cc4)cc3)cc2)cc1. The number of ether oxygens (including phenoxy) is 2. The molecular formula is C96H76N2O2. The van der Waals surface area contributed by atoms with Crippen LogP contribution in [0.1, 0.15) is 77.9 Å². The van der Waals surface area contributed by atoms with Gasteiger partial charge in [0, 0.05) is 34.1 Å². The molecule has 0 aliphatic carbocycles. The molecule has 13 rings (SSSR count). The van der Waals surface area contributed by atoms with Crippen molar-refractivity contribution in [3.8, 4) is 11.5 Å². The van der Waals surface area contributed by atoms with Crippen molar-refractivity contribution in [3.63, 3.8) is 0 Å². The molecular weight excluding hydrogens is 1210 g/mol. The average Bonchev–Trinajstić information content (AvgIpc) is 0.815. The van der Waals surface area contributed by atoms with Gasteiger partial charge in [-0.3, -0.25) is 0 Å². The molecule has 13 aromatic rings. The van der Waals surface area contributed by atoms with E-state index in [9.17, 15) is 0 Å². The van der Waals surface area contributed by atoms with E-state index in [1.807, 2.05) is 24.3 Å². The summed E-state index contributed by atoms with van der Waals surface area (Å²) in [5.41, 5.74) is 24.7. The van der Waals surface area contributed by atoms with Crippen LogP contribution in [0.2, 0.25) is 0 Å². The first-order chi connectivity index (χ1) is 49.4.